The van der Waals surface area contributed by atoms with Crippen LogP contribution >= 0.6 is 11.6 Å². The van der Waals surface area contributed by atoms with Crippen molar-refractivity contribution in [2.45, 2.75) is 39.2 Å². The van der Waals surface area contributed by atoms with Gasteiger partial charge in [0.15, 0.2) is 11.5 Å². The molecule has 0 radical (unpaired) electrons. The van der Waals surface area contributed by atoms with E-state index in [-0.39, 0.29) is 11.4 Å². The highest BCUT2D eigenvalue weighted by molar-refractivity contribution is 6.32. The van der Waals surface area contributed by atoms with Crippen LogP contribution in [0.25, 0.3) is 6.08 Å². The van der Waals surface area contributed by atoms with Gasteiger partial charge < -0.3 is 14.8 Å². The molecule has 1 heterocycles. The van der Waals surface area contributed by atoms with Crippen LogP contribution < -0.4 is 14.8 Å². The van der Waals surface area contributed by atoms with Gasteiger partial charge in [0, 0.05) is 24.7 Å². The van der Waals surface area contributed by atoms with E-state index in [4.69, 9.17) is 21.1 Å². The topological polar surface area (TPSA) is 50.8 Å². The largest absolute Gasteiger partial charge is 0.493 e. The molecule has 0 spiro atoms. The van der Waals surface area contributed by atoms with Crippen LogP contribution in [-0.4, -0.2) is 50.2 Å². The molecule has 0 aliphatic carbocycles. The summed E-state index contributed by atoms with van der Waals surface area (Å²) >= 11 is 6.20. The second-order valence-corrected chi connectivity index (χ2v) is 8.20. The number of carbonyl (C=O) groups excluding carboxylic acids is 1. The Labute approximate surface area is 167 Å². The molecule has 1 aromatic carbocycles. The minimum absolute atomic E-state index is 0.0647. The molecule has 2 rings (SSSR count). The molecule has 1 aliphatic heterocycles. The highest BCUT2D eigenvalue weighted by atomic mass is 35.5. The van der Waals surface area contributed by atoms with Gasteiger partial charge in [0.2, 0.25) is 5.91 Å². The zero-order valence-corrected chi connectivity index (χ0v) is 17.7. The molecule has 27 heavy (non-hydrogen) atoms. The Morgan fingerprint density at radius 3 is 2.74 bits per heavy atom. The summed E-state index contributed by atoms with van der Waals surface area (Å²) in [6, 6.07) is 3.53. The number of methoxy groups -OCH3 is 2. The lowest BCUT2D eigenvalue weighted by Gasteiger charge is -2.43. The molecule has 1 aliphatic rings. The molecule has 1 unspecified atom stereocenters. The van der Waals surface area contributed by atoms with Crippen molar-refractivity contribution in [2.24, 2.45) is 5.92 Å². The Kier molecular flexibility index (Phi) is 7.57. The molecule has 1 N–H and O–H groups in total. The Morgan fingerprint density at radius 2 is 2.11 bits per heavy atom. The maximum absolute atomic E-state index is 12.3. The van der Waals surface area contributed by atoms with Crippen LogP contribution in [0.15, 0.2) is 18.2 Å². The highest BCUT2D eigenvalue weighted by Gasteiger charge is 2.30. The van der Waals surface area contributed by atoms with Crippen molar-refractivity contribution in [2.75, 3.05) is 33.9 Å². The molecule has 0 bridgehead atoms. The molecule has 1 atom stereocenters. The third-order valence-corrected chi connectivity index (χ3v) is 5.37. The molecular weight excluding hydrogens is 364 g/mol. The van der Waals surface area contributed by atoms with Crippen molar-refractivity contribution in [3.8, 4) is 11.5 Å². The maximum Gasteiger partial charge on any atom is 0.244 e. The first-order valence-corrected chi connectivity index (χ1v) is 9.77. The van der Waals surface area contributed by atoms with Gasteiger partial charge in [0.25, 0.3) is 0 Å². The predicted octanol–water partition coefficient (Wildman–Crippen LogP) is 4.00. The van der Waals surface area contributed by atoms with Gasteiger partial charge in [0.1, 0.15) is 0 Å². The van der Waals surface area contributed by atoms with E-state index in [0.717, 1.165) is 18.7 Å². The van der Waals surface area contributed by atoms with Crippen molar-refractivity contribution < 1.29 is 14.3 Å². The molecular formula is C21H31ClN2O3. The van der Waals surface area contributed by atoms with Crippen molar-refractivity contribution in [1.82, 2.24) is 10.2 Å². The number of amides is 1. The number of carbonyl (C=O) groups is 1. The van der Waals surface area contributed by atoms with E-state index >= 15 is 0 Å². The van der Waals surface area contributed by atoms with Gasteiger partial charge in [-0.2, -0.15) is 0 Å². The maximum atomic E-state index is 12.3. The van der Waals surface area contributed by atoms with E-state index in [1.807, 2.05) is 0 Å². The lowest BCUT2D eigenvalue weighted by molar-refractivity contribution is -0.117. The number of hydrogen-bond donors (Lipinski definition) is 1. The van der Waals surface area contributed by atoms with E-state index in [9.17, 15) is 4.79 Å². The third-order valence-electron chi connectivity index (χ3n) is 5.09. The van der Waals surface area contributed by atoms with Crippen LogP contribution in [0.2, 0.25) is 5.02 Å². The first-order valence-electron chi connectivity index (χ1n) is 9.39. The summed E-state index contributed by atoms with van der Waals surface area (Å²) in [4.78, 5) is 14.7. The average Bonchev–Trinajstić information content (AvgIpc) is 2.64. The van der Waals surface area contributed by atoms with Crippen molar-refractivity contribution in [1.29, 1.82) is 0 Å². The minimum atomic E-state index is -0.126. The van der Waals surface area contributed by atoms with E-state index in [0.29, 0.717) is 29.0 Å². The summed E-state index contributed by atoms with van der Waals surface area (Å²) in [5.74, 6) is 1.60. The molecule has 1 aromatic rings. The Morgan fingerprint density at radius 1 is 1.37 bits per heavy atom. The Hall–Kier alpha value is -1.72. The monoisotopic (exact) mass is 394 g/mol. The lowest BCUT2D eigenvalue weighted by atomic mass is 9.93. The summed E-state index contributed by atoms with van der Waals surface area (Å²) in [5, 5.41) is 3.46. The third kappa shape index (κ3) is 5.88. The standard InChI is InChI=1S/C21H31ClN2O3/c1-15-7-6-10-24(13-15)21(2,3)14-23-19(25)9-8-16-11-17(22)20(27-5)18(12-16)26-4/h8-9,11-12,15H,6-7,10,13-14H2,1-5H3,(H,23,25). The van der Waals surface area contributed by atoms with Gasteiger partial charge in [-0.1, -0.05) is 18.5 Å². The molecule has 1 fully saturated rings. The van der Waals surface area contributed by atoms with E-state index in [2.05, 4.69) is 31.0 Å². The van der Waals surface area contributed by atoms with Crippen LogP contribution in [0.3, 0.4) is 0 Å². The van der Waals surface area contributed by atoms with Crippen molar-refractivity contribution in [3.63, 3.8) is 0 Å². The highest BCUT2D eigenvalue weighted by Crippen LogP contribution is 2.36. The normalized spacial score (nSPS) is 18.5. The summed E-state index contributed by atoms with van der Waals surface area (Å²) in [6.07, 6.45) is 5.75. The van der Waals surface area contributed by atoms with Crippen LogP contribution in [0.1, 0.15) is 39.2 Å². The quantitative estimate of drug-likeness (QED) is 0.710. The number of ether oxygens (including phenoxy) is 2. The predicted molar refractivity (Wildman–Crippen MR) is 111 cm³/mol. The lowest BCUT2D eigenvalue weighted by Crippen LogP contribution is -2.54. The summed E-state index contributed by atoms with van der Waals surface area (Å²) < 4.78 is 10.5. The van der Waals surface area contributed by atoms with Gasteiger partial charge in [-0.15, -0.1) is 0 Å². The van der Waals surface area contributed by atoms with Gasteiger partial charge in [-0.3, -0.25) is 9.69 Å². The van der Waals surface area contributed by atoms with E-state index in [1.165, 1.54) is 26.0 Å². The number of piperidine rings is 1. The van der Waals surface area contributed by atoms with Crippen molar-refractivity contribution in [3.05, 3.63) is 28.8 Å². The van der Waals surface area contributed by atoms with Crippen LogP contribution in [0, 0.1) is 5.92 Å². The Bertz CT molecular complexity index is 688. The minimum Gasteiger partial charge on any atom is -0.493 e. The number of rotatable bonds is 7. The number of hydrogen-bond acceptors (Lipinski definition) is 4. The molecule has 6 heteroatoms. The van der Waals surface area contributed by atoms with E-state index < -0.39 is 0 Å². The zero-order valence-electron chi connectivity index (χ0n) is 17.0. The first-order chi connectivity index (χ1) is 12.8. The van der Waals surface area contributed by atoms with Crippen LogP contribution in [0.4, 0.5) is 0 Å². The van der Waals surface area contributed by atoms with Gasteiger partial charge in [-0.25, -0.2) is 0 Å². The number of nitrogens with zero attached hydrogens (tertiary/aromatic N) is 1. The first kappa shape index (κ1) is 21.6. The zero-order chi connectivity index (χ0) is 20.0. The number of halogens is 1. The van der Waals surface area contributed by atoms with Crippen LogP contribution in [0.5, 0.6) is 11.5 Å². The number of likely N-dealkylation sites (tertiary alicyclic amines) is 1. The van der Waals surface area contributed by atoms with Gasteiger partial charge >= 0.3 is 0 Å². The van der Waals surface area contributed by atoms with Gasteiger partial charge in [-0.05, 0) is 62.9 Å². The van der Waals surface area contributed by atoms with Crippen molar-refractivity contribution >= 4 is 23.6 Å². The molecule has 1 saturated heterocycles. The second kappa shape index (κ2) is 9.47. The fourth-order valence-corrected chi connectivity index (χ4v) is 3.72. The average molecular weight is 395 g/mol. The summed E-state index contributed by atoms with van der Waals surface area (Å²) in [7, 11) is 3.09. The van der Waals surface area contributed by atoms with Crippen LogP contribution in [-0.2, 0) is 4.79 Å². The molecule has 5 nitrogen and oxygen atoms in total. The smallest absolute Gasteiger partial charge is 0.244 e. The van der Waals surface area contributed by atoms with Gasteiger partial charge in [0.05, 0.1) is 19.2 Å². The SMILES string of the molecule is COc1cc(C=CC(=O)NCC(C)(C)N2CCCC(C)C2)cc(Cl)c1OC. The number of nitrogens with one attached hydrogen (secondary N) is 1. The second-order valence-electron chi connectivity index (χ2n) is 7.80. The molecule has 1 amide bonds. The Balaban J connectivity index is 1.96. The summed E-state index contributed by atoms with van der Waals surface area (Å²) in [5.41, 5.74) is 0.710. The molecule has 0 saturated carbocycles. The molecule has 150 valence electrons. The number of benzene rings is 1. The fourth-order valence-electron chi connectivity index (χ4n) is 3.42. The molecule has 0 aromatic heterocycles. The fraction of sp³-hybridized carbons (Fsp3) is 0.571. The van der Waals surface area contributed by atoms with E-state index in [1.54, 1.807) is 25.3 Å². The summed E-state index contributed by atoms with van der Waals surface area (Å²) in [6.45, 7) is 9.44.